The van der Waals surface area contributed by atoms with Gasteiger partial charge in [0.2, 0.25) is 11.8 Å². The molecule has 43 heavy (non-hydrogen) atoms. The Hall–Kier alpha value is -4.88. The first-order chi connectivity index (χ1) is 20.8. The molecule has 13 heteroatoms. The van der Waals surface area contributed by atoms with Crippen LogP contribution in [0.4, 0.5) is 5.69 Å². The van der Waals surface area contributed by atoms with E-state index in [0.29, 0.717) is 44.2 Å². The molecule has 6 N–H and O–H groups in total. The molecule has 2 amide bonds. The van der Waals surface area contributed by atoms with E-state index in [0.717, 1.165) is 39.3 Å². The van der Waals surface area contributed by atoms with Crippen LogP contribution in [0.15, 0.2) is 60.7 Å². The topological polar surface area (TPSA) is 134 Å². The SMILES string of the molecule is C=Cc1cccc2c1N(C)Cc1cc(OCC3=CNN(CCNC(C)=O)N3)c(OCC3=CNN(CCNC(C)=O)N3)cc1-2. The van der Waals surface area contributed by atoms with Crippen molar-refractivity contribution in [3.63, 3.8) is 0 Å². The molecule has 0 atom stereocenters. The Morgan fingerprint density at radius 3 is 2.05 bits per heavy atom. The summed E-state index contributed by atoms with van der Waals surface area (Å²) in [5.41, 5.74) is 20.0. The summed E-state index contributed by atoms with van der Waals surface area (Å²) in [6.45, 7) is 10.4. The zero-order chi connectivity index (χ0) is 30.3. The van der Waals surface area contributed by atoms with E-state index in [1.54, 1.807) is 10.2 Å². The largest absolute Gasteiger partial charge is 0.483 e. The van der Waals surface area contributed by atoms with Crippen LogP contribution < -0.4 is 46.7 Å². The number of nitrogens with one attached hydrogen (secondary N) is 6. The van der Waals surface area contributed by atoms with Crippen molar-refractivity contribution in [2.45, 2.75) is 20.4 Å². The number of fused-ring (bicyclic) bond motifs is 3. The Labute approximate surface area is 251 Å². The predicted molar refractivity (Wildman–Crippen MR) is 165 cm³/mol. The average molecular weight is 590 g/mol. The van der Waals surface area contributed by atoms with Gasteiger partial charge in [-0.2, -0.15) is 0 Å². The first-order valence-electron chi connectivity index (χ1n) is 14.2. The first kappa shape index (κ1) is 29.6. The second-order valence-corrected chi connectivity index (χ2v) is 10.4. The van der Waals surface area contributed by atoms with Crippen LogP contribution in [0.3, 0.4) is 0 Å². The van der Waals surface area contributed by atoms with E-state index >= 15 is 0 Å². The van der Waals surface area contributed by atoms with Crippen molar-refractivity contribution in [2.24, 2.45) is 0 Å². The number of nitrogens with zero attached hydrogens (tertiary/aromatic N) is 3. The number of benzene rings is 2. The Morgan fingerprint density at radius 2 is 1.49 bits per heavy atom. The predicted octanol–water partition coefficient (Wildman–Crippen LogP) is 1.31. The van der Waals surface area contributed by atoms with Gasteiger partial charge >= 0.3 is 0 Å². The molecule has 2 aromatic rings. The third-order valence-corrected chi connectivity index (χ3v) is 7.07. The lowest BCUT2D eigenvalue weighted by molar-refractivity contribution is -0.119. The summed E-state index contributed by atoms with van der Waals surface area (Å²) in [4.78, 5) is 24.6. The molecule has 0 fully saturated rings. The van der Waals surface area contributed by atoms with Gasteiger partial charge in [-0.05, 0) is 28.8 Å². The van der Waals surface area contributed by atoms with E-state index in [2.05, 4.69) is 75.1 Å². The standard InChI is InChI=1S/C30H39N9O4/c1-5-22-7-6-8-26-27-14-29(43-19-25-16-34-39(36-25)12-10-32-21(3)41)28(13-23(27)17-37(4)30(22)26)42-18-24-15-33-38(35-24)11-9-31-20(2)40/h5-8,13-16,33-36H,1,9-12,17-19H2,2-4H3,(H,31,40)(H,32,41). The van der Waals surface area contributed by atoms with Crippen molar-refractivity contribution >= 4 is 23.6 Å². The van der Waals surface area contributed by atoms with Crippen molar-refractivity contribution in [3.05, 3.63) is 71.8 Å². The normalized spacial score (nSPS) is 15.5. The fraction of sp³-hybridized carbons (Fsp3) is 0.333. The van der Waals surface area contributed by atoms with Crippen LogP contribution in [0.5, 0.6) is 11.5 Å². The summed E-state index contributed by atoms with van der Waals surface area (Å²) < 4.78 is 12.7. The summed E-state index contributed by atoms with van der Waals surface area (Å²) in [6.07, 6.45) is 5.55. The summed E-state index contributed by atoms with van der Waals surface area (Å²) in [7, 11) is 2.08. The lowest BCUT2D eigenvalue weighted by atomic mass is 9.91. The van der Waals surface area contributed by atoms with Gasteiger partial charge in [0.1, 0.15) is 13.2 Å². The molecule has 0 saturated carbocycles. The van der Waals surface area contributed by atoms with Crippen molar-refractivity contribution in [3.8, 4) is 22.6 Å². The molecule has 3 aliphatic heterocycles. The van der Waals surface area contributed by atoms with Crippen molar-refractivity contribution in [1.29, 1.82) is 0 Å². The van der Waals surface area contributed by atoms with Crippen LogP contribution in [0, 0.1) is 0 Å². The molecule has 228 valence electrons. The Balaban J connectivity index is 1.30. The highest BCUT2D eigenvalue weighted by molar-refractivity contribution is 5.89. The molecule has 3 heterocycles. The van der Waals surface area contributed by atoms with E-state index in [1.807, 2.05) is 24.5 Å². The summed E-state index contributed by atoms with van der Waals surface area (Å²) in [6, 6.07) is 10.3. The van der Waals surface area contributed by atoms with Crippen LogP contribution in [0.1, 0.15) is 25.0 Å². The fourth-order valence-electron chi connectivity index (χ4n) is 5.09. The average Bonchev–Trinajstić information content (AvgIpc) is 3.63. The van der Waals surface area contributed by atoms with Gasteiger partial charge in [0, 0.05) is 58.5 Å². The molecule has 13 nitrogen and oxygen atoms in total. The fourth-order valence-corrected chi connectivity index (χ4v) is 5.09. The van der Waals surface area contributed by atoms with Crippen molar-refractivity contribution in [1.82, 2.24) is 42.6 Å². The smallest absolute Gasteiger partial charge is 0.216 e. The van der Waals surface area contributed by atoms with Crippen LogP contribution in [0.2, 0.25) is 0 Å². The minimum atomic E-state index is -0.0688. The monoisotopic (exact) mass is 589 g/mol. The number of carbonyl (C=O) groups is 2. The van der Waals surface area contributed by atoms with E-state index in [9.17, 15) is 9.59 Å². The lowest BCUT2D eigenvalue weighted by Crippen LogP contribution is -2.44. The van der Waals surface area contributed by atoms with Gasteiger partial charge in [0.25, 0.3) is 0 Å². The van der Waals surface area contributed by atoms with Gasteiger partial charge in [-0.25, -0.2) is 0 Å². The number of rotatable bonds is 13. The first-order valence-corrected chi connectivity index (χ1v) is 14.2. The van der Waals surface area contributed by atoms with Gasteiger partial charge in [0.05, 0.1) is 30.2 Å². The highest BCUT2D eigenvalue weighted by Crippen LogP contribution is 2.45. The number of carbonyl (C=O) groups excluding carboxylic acids is 2. The molecular formula is C30H39N9O4. The number of hydrazine groups is 4. The lowest BCUT2D eigenvalue weighted by Gasteiger charge is -2.32. The van der Waals surface area contributed by atoms with Crippen LogP contribution in [-0.2, 0) is 16.1 Å². The molecule has 0 spiro atoms. The molecule has 3 aliphatic rings. The maximum atomic E-state index is 11.2. The highest BCUT2D eigenvalue weighted by atomic mass is 16.5. The molecular weight excluding hydrogens is 550 g/mol. The van der Waals surface area contributed by atoms with Crippen LogP contribution >= 0.6 is 0 Å². The van der Waals surface area contributed by atoms with Gasteiger partial charge in [-0.3, -0.25) is 9.59 Å². The molecule has 0 saturated heterocycles. The summed E-state index contributed by atoms with van der Waals surface area (Å²) in [5, 5.41) is 9.12. The Bertz CT molecular complexity index is 1440. The maximum absolute atomic E-state index is 11.2. The van der Waals surface area contributed by atoms with Crippen LogP contribution in [-0.4, -0.2) is 68.5 Å². The zero-order valence-corrected chi connectivity index (χ0v) is 24.8. The molecule has 0 unspecified atom stereocenters. The number of para-hydroxylation sites is 1. The highest BCUT2D eigenvalue weighted by Gasteiger charge is 2.25. The van der Waals surface area contributed by atoms with E-state index in [1.165, 1.54) is 13.8 Å². The second-order valence-electron chi connectivity index (χ2n) is 10.4. The van der Waals surface area contributed by atoms with E-state index in [4.69, 9.17) is 9.47 Å². The number of amides is 2. The minimum Gasteiger partial charge on any atom is -0.483 e. The molecule has 0 radical (unpaired) electrons. The third-order valence-electron chi connectivity index (χ3n) is 7.07. The van der Waals surface area contributed by atoms with Gasteiger partial charge in [-0.1, -0.05) is 30.9 Å². The molecule has 0 bridgehead atoms. The third kappa shape index (κ3) is 7.31. The van der Waals surface area contributed by atoms with Crippen molar-refractivity contribution in [2.75, 3.05) is 51.3 Å². The minimum absolute atomic E-state index is 0.0679. The molecule has 5 rings (SSSR count). The van der Waals surface area contributed by atoms with Gasteiger partial charge in [0.15, 0.2) is 11.5 Å². The Kier molecular flexibility index (Phi) is 9.23. The van der Waals surface area contributed by atoms with Crippen LogP contribution in [0.25, 0.3) is 17.2 Å². The number of anilines is 1. The summed E-state index contributed by atoms with van der Waals surface area (Å²) in [5.74, 6) is 1.11. The van der Waals surface area contributed by atoms with E-state index < -0.39 is 0 Å². The number of hydrogen-bond donors (Lipinski definition) is 6. The number of hydrogen-bond acceptors (Lipinski definition) is 11. The van der Waals surface area contributed by atoms with Gasteiger partial charge < -0.3 is 46.7 Å². The molecule has 2 aromatic carbocycles. The van der Waals surface area contributed by atoms with Gasteiger partial charge in [-0.15, -0.1) is 10.2 Å². The van der Waals surface area contributed by atoms with Crippen molar-refractivity contribution < 1.29 is 19.1 Å². The maximum Gasteiger partial charge on any atom is 0.216 e. The molecule has 0 aromatic heterocycles. The summed E-state index contributed by atoms with van der Waals surface area (Å²) >= 11 is 0. The zero-order valence-electron chi connectivity index (χ0n) is 24.8. The molecule has 0 aliphatic carbocycles. The number of ether oxygens (including phenoxy) is 2. The quantitative estimate of drug-likeness (QED) is 0.202. The Morgan fingerprint density at radius 1 is 0.907 bits per heavy atom. The van der Waals surface area contributed by atoms with E-state index in [-0.39, 0.29) is 25.0 Å². The second kappa shape index (κ2) is 13.4.